The van der Waals surface area contributed by atoms with Crippen molar-refractivity contribution in [3.8, 4) is 0 Å². The lowest BCUT2D eigenvalue weighted by atomic mass is 9.97. The molecule has 1 aliphatic rings. The summed E-state index contributed by atoms with van der Waals surface area (Å²) < 4.78 is 0. The van der Waals surface area contributed by atoms with Crippen molar-refractivity contribution in [3.05, 3.63) is 29.8 Å². The van der Waals surface area contributed by atoms with Crippen LogP contribution in [0.25, 0.3) is 0 Å². The van der Waals surface area contributed by atoms with Gasteiger partial charge in [0.05, 0.1) is 0 Å². The highest BCUT2D eigenvalue weighted by atomic mass is 32.2. The Labute approximate surface area is 109 Å². The molecule has 1 saturated heterocycles. The van der Waals surface area contributed by atoms with Gasteiger partial charge in [-0.25, -0.2) is 0 Å². The largest absolute Gasteiger partial charge is 0.370 e. The fourth-order valence-corrected chi connectivity index (χ4v) is 3.89. The molecule has 0 bridgehead atoms. The zero-order chi connectivity index (χ0) is 12.3. The van der Waals surface area contributed by atoms with E-state index in [4.69, 9.17) is 5.73 Å². The summed E-state index contributed by atoms with van der Waals surface area (Å²) in [6.45, 7) is 2.88. The summed E-state index contributed by atoms with van der Waals surface area (Å²) in [4.78, 5) is 2.36. The average molecular weight is 250 g/mol. The highest BCUT2D eigenvalue weighted by molar-refractivity contribution is 7.99. The predicted octanol–water partition coefficient (Wildman–Crippen LogP) is 2.51. The van der Waals surface area contributed by atoms with E-state index in [-0.39, 0.29) is 0 Å². The number of benzene rings is 1. The number of likely N-dealkylation sites (N-methyl/N-ethyl adjacent to an activating group) is 1. The fourth-order valence-electron chi connectivity index (χ4n) is 2.56. The Bertz CT molecular complexity index is 361. The van der Waals surface area contributed by atoms with Crippen LogP contribution in [-0.2, 0) is 0 Å². The number of nitrogens with two attached hydrogens (primary N) is 1. The van der Waals surface area contributed by atoms with E-state index in [2.05, 4.69) is 54.9 Å². The monoisotopic (exact) mass is 250 g/mol. The minimum absolute atomic E-state index is 0.479. The molecule has 1 aliphatic heterocycles. The quantitative estimate of drug-likeness (QED) is 0.890. The predicted molar refractivity (Wildman–Crippen MR) is 77.9 cm³/mol. The molecule has 2 rings (SSSR count). The zero-order valence-electron chi connectivity index (χ0n) is 10.7. The van der Waals surface area contributed by atoms with E-state index in [9.17, 15) is 0 Å². The number of hydrogen-bond donors (Lipinski definition) is 1. The van der Waals surface area contributed by atoms with Crippen LogP contribution >= 0.6 is 11.8 Å². The molecule has 1 fully saturated rings. The topological polar surface area (TPSA) is 29.3 Å². The molecule has 2 unspecified atom stereocenters. The van der Waals surface area contributed by atoms with Crippen molar-refractivity contribution in [2.24, 2.45) is 11.7 Å². The molecule has 17 heavy (non-hydrogen) atoms. The average Bonchev–Trinajstić information content (AvgIpc) is 2.83. The van der Waals surface area contributed by atoms with Crippen molar-refractivity contribution in [2.75, 3.05) is 30.0 Å². The van der Waals surface area contributed by atoms with Gasteiger partial charge in [0.25, 0.3) is 0 Å². The Morgan fingerprint density at radius 1 is 1.53 bits per heavy atom. The summed E-state index contributed by atoms with van der Waals surface area (Å²) in [5, 5.41) is 0. The molecule has 0 radical (unpaired) electrons. The van der Waals surface area contributed by atoms with E-state index in [0.29, 0.717) is 6.04 Å². The maximum absolute atomic E-state index is 5.98. The molecule has 1 aromatic carbocycles. The standard InChI is InChI=1S/C14H22N2S/c1-11-4-3-5-13(8-11)16(2)14(9-15)12-6-7-17-10-12/h3-5,8,12,14H,6-7,9-10,15H2,1-2H3. The number of thioether (sulfide) groups is 1. The van der Waals surface area contributed by atoms with E-state index in [0.717, 1.165) is 12.5 Å². The van der Waals surface area contributed by atoms with Gasteiger partial charge in [-0.15, -0.1) is 0 Å². The first kappa shape index (κ1) is 12.8. The van der Waals surface area contributed by atoms with Crippen LogP contribution in [0.1, 0.15) is 12.0 Å². The van der Waals surface area contributed by atoms with Crippen molar-refractivity contribution < 1.29 is 0 Å². The van der Waals surface area contributed by atoms with Gasteiger partial charge in [-0.05, 0) is 48.5 Å². The Kier molecular flexibility index (Phi) is 4.35. The van der Waals surface area contributed by atoms with Crippen molar-refractivity contribution in [1.29, 1.82) is 0 Å². The molecule has 0 aromatic heterocycles. The van der Waals surface area contributed by atoms with Gasteiger partial charge in [0.15, 0.2) is 0 Å². The Morgan fingerprint density at radius 3 is 2.94 bits per heavy atom. The molecule has 0 saturated carbocycles. The first-order valence-corrected chi connectivity index (χ1v) is 7.45. The lowest BCUT2D eigenvalue weighted by Crippen LogP contribution is -2.43. The van der Waals surface area contributed by atoms with Gasteiger partial charge in [0.2, 0.25) is 0 Å². The second kappa shape index (κ2) is 5.78. The van der Waals surface area contributed by atoms with E-state index in [1.165, 1.54) is 29.2 Å². The number of hydrogen-bond acceptors (Lipinski definition) is 3. The third-order valence-electron chi connectivity index (χ3n) is 3.66. The maximum Gasteiger partial charge on any atom is 0.0445 e. The second-order valence-corrected chi connectivity index (χ2v) is 6.03. The molecule has 3 heteroatoms. The molecular weight excluding hydrogens is 228 g/mol. The van der Waals surface area contributed by atoms with Crippen LogP contribution in [0.2, 0.25) is 0 Å². The van der Waals surface area contributed by atoms with Gasteiger partial charge in [0, 0.05) is 25.3 Å². The molecule has 94 valence electrons. The molecule has 1 heterocycles. The number of nitrogens with zero attached hydrogens (tertiary/aromatic N) is 1. The highest BCUT2D eigenvalue weighted by Gasteiger charge is 2.27. The van der Waals surface area contributed by atoms with Gasteiger partial charge in [0.1, 0.15) is 0 Å². The van der Waals surface area contributed by atoms with Gasteiger partial charge in [-0.3, -0.25) is 0 Å². The first-order chi connectivity index (χ1) is 8.22. The second-order valence-electron chi connectivity index (χ2n) is 4.88. The van der Waals surface area contributed by atoms with E-state index >= 15 is 0 Å². The van der Waals surface area contributed by atoms with Crippen molar-refractivity contribution in [3.63, 3.8) is 0 Å². The van der Waals surface area contributed by atoms with Crippen LogP contribution in [0.3, 0.4) is 0 Å². The number of rotatable bonds is 4. The summed E-state index contributed by atoms with van der Waals surface area (Å²) in [6.07, 6.45) is 1.31. The van der Waals surface area contributed by atoms with Crippen LogP contribution in [-0.4, -0.2) is 31.1 Å². The SMILES string of the molecule is Cc1cccc(N(C)C(CN)C2CCSC2)c1. The van der Waals surface area contributed by atoms with E-state index in [1.54, 1.807) is 0 Å². The molecule has 0 aliphatic carbocycles. The summed E-state index contributed by atoms with van der Waals surface area (Å²) >= 11 is 2.06. The van der Waals surface area contributed by atoms with Crippen molar-refractivity contribution in [1.82, 2.24) is 0 Å². The van der Waals surface area contributed by atoms with Crippen LogP contribution in [0, 0.1) is 12.8 Å². The highest BCUT2D eigenvalue weighted by Crippen LogP contribution is 2.30. The fraction of sp³-hybridized carbons (Fsp3) is 0.571. The Morgan fingerprint density at radius 2 is 2.35 bits per heavy atom. The summed E-state index contributed by atoms with van der Waals surface area (Å²) in [5.41, 5.74) is 8.58. The Hall–Kier alpha value is -0.670. The van der Waals surface area contributed by atoms with Gasteiger partial charge in [-0.2, -0.15) is 11.8 Å². The third kappa shape index (κ3) is 2.96. The zero-order valence-corrected chi connectivity index (χ0v) is 11.5. The van der Waals surface area contributed by atoms with Crippen molar-refractivity contribution >= 4 is 17.4 Å². The Balaban J connectivity index is 2.13. The molecule has 1 aromatic rings. The van der Waals surface area contributed by atoms with Crippen LogP contribution in [0.5, 0.6) is 0 Å². The lowest BCUT2D eigenvalue weighted by Gasteiger charge is -2.33. The van der Waals surface area contributed by atoms with Gasteiger partial charge < -0.3 is 10.6 Å². The normalized spacial score (nSPS) is 21.5. The molecular formula is C14H22N2S. The molecule has 2 nitrogen and oxygen atoms in total. The lowest BCUT2D eigenvalue weighted by molar-refractivity contribution is 0.454. The first-order valence-electron chi connectivity index (χ1n) is 6.29. The third-order valence-corrected chi connectivity index (χ3v) is 4.85. The molecule has 2 atom stereocenters. The van der Waals surface area contributed by atoms with Crippen LogP contribution < -0.4 is 10.6 Å². The maximum atomic E-state index is 5.98. The summed E-state index contributed by atoms with van der Waals surface area (Å²) in [6, 6.07) is 9.16. The van der Waals surface area contributed by atoms with E-state index < -0.39 is 0 Å². The minimum atomic E-state index is 0.479. The van der Waals surface area contributed by atoms with Gasteiger partial charge in [-0.1, -0.05) is 12.1 Å². The molecule has 2 N–H and O–H groups in total. The van der Waals surface area contributed by atoms with Crippen LogP contribution in [0.15, 0.2) is 24.3 Å². The summed E-state index contributed by atoms with van der Waals surface area (Å²) in [7, 11) is 2.18. The smallest absolute Gasteiger partial charge is 0.0445 e. The number of anilines is 1. The van der Waals surface area contributed by atoms with Crippen molar-refractivity contribution in [2.45, 2.75) is 19.4 Å². The molecule has 0 spiro atoms. The van der Waals surface area contributed by atoms with Gasteiger partial charge >= 0.3 is 0 Å². The minimum Gasteiger partial charge on any atom is -0.370 e. The summed E-state index contributed by atoms with van der Waals surface area (Å²) in [5.74, 6) is 3.30. The number of aryl methyl sites for hydroxylation is 1. The molecule has 0 amide bonds. The van der Waals surface area contributed by atoms with E-state index in [1.807, 2.05) is 0 Å². The van der Waals surface area contributed by atoms with Crippen LogP contribution in [0.4, 0.5) is 5.69 Å².